The molecule has 1 N–H and O–H groups in total. The van der Waals surface area contributed by atoms with Gasteiger partial charge in [-0.25, -0.2) is 4.79 Å². The van der Waals surface area contributed by atoms with Gasteiger partial charge in [-0.3, -0.25) is 20.2 Å². The lowest BCUT2D eigenvalue weighted by molar-refractivity contribution is -0.394. The first-order chi connectivity index (χ1) is 10.4. The molecule has 0 radical (unpaired) electrons. The first-order valence-corrected chi connectivity index (χ1v) is 5.82. The van der Waals surface area contributed by atoms with E-state index in [0.29, 0.717) is 0 Å². The summed E-state index contributed by atoms with van der Waals surface area (Å²) >= 11 is 0. The number of nitro benzene ring substituents is 2. The zero-order valence-corrected chi connectivity index (χ0v) is 10.8. The van der Waals surface area contributed by atoms with Crippen molar-refractivity contribution in [1.29, 1.82) is 0 Å². The first kappa shape index (κ1) is 14.9. The minimum absolute atomic E-state index is 0.0392. The molecule has 0 amide bonds. The second-order valence-electron chi connectivity index (χ2n) is 4.13. The molecule has 0 aromatic heterocycles. The third-order valence-electron chi connectivity index (χ3n) is 2.63. The van der Waals surface area contributed by atoms with Gasteiger partial charge in [-0.2, -0.15) is 0 Å². The van der Waals surface area contributed by atoms with Crippen molar-refractivity contribution >= 4 is 17.3 Å². The minimum Gasteiger partial charge on any atom is -0.478 e. The summed E-state index contributed by atoms with van der Waals surface area (Å²) in [4.78, 5) is 30.7. The van der Waals surface area contributed by atoms with E-state index in [1.54, 1.807) is 0 Å². The van der Waals surface area contributed by atoms with Crippen LogP contribution in [0.3, 0.4) is 0 Å². The molecule has 2 aromatic rings. The molecule has 0 heterocycles. The Kier molecular flexibility index (Phi) is 3.98. The van der Waals surface area contributed by atoms with Crippen LogP contribution in [-0.2, 0) is 0 Å². The molecule has 0 unspecified atom stereocenters. The number of aromatic carboxylic acids is 1. The fraction of sp³-hybridized carbons (Fsp3) is 0. The van der Waals surface area contributed by atoms with Gasteiger partial charge in [0.05, 0.1) is 33.6 Å². The topological polar surface area (TPSA) is 133 Å². The summed E-state index contributed by atoms with van der Waals surface area (Å²) in [5, 5.41) is 30.3. The van der Waals surface area contributed by atoms with Gasteiger partial charge >= 0.3 is 5.97 Å². The summed E-state index contributed by atoms with van der Waals surface area (Å²) in [6.45, 7) is 0. The standard InChI is InChI=1S/C13H8N2O7/c16-13(17)8-1-3-11(4-2-8)22-12-6-9(14(18)19)5-10(7-12)15(20)21/h1-7H,(H,16,17). The summed E-state index contributed by atoms with van der Waals surface area (Å²) in [6.07, 6.45) is 0. The number of ether oxygens (including phenoxy) is 1. The summed E-state index contributed by atoms with van der Waals surface area (Å²) in [7, 11) is 0. The van der Waals surface area contributed by atoms with Crippen molar-refractivity contribution in [2.45, 2.75) is 0 Å². The highest BCUT2D eigenvalue weighted by Crippen LogP contribution is 2.30. The number of benzene rings is 2. The van der Waals surface area contributed by atoms with Crippen molar-refractivity contribution in [3.8, 4) is 11.5 Å². The number of nitrogens with zero attached hydrogens (tertiary/aromatic N) is 2. The van der Waals surface area contributed by atoms with Crippen LogP contribution in [-0.4, -0.2) is 20.9 Å². The Labute approximate surface area is 122 Å². The number of carbonyl (C=O) groups is 1. The van der Waals surface area contributed by atoms with Crippen molar-refractivity contribution in [2.24, 2.45) is 0 Å². The second-order valence-corrected chi connectivity index (χ2v) is 4.13. The lowest BCUT2D eigenvalue weighted by atomic mass is 10.2. The minimum atomic E-state index is -1.11. The van der Waals surface area contributed by atoms with Crippen molar-refractivity contribution in [1.82, 2.24) is 0 Å². The molecule has 0 spiro atoms. The van der Waals surface area contributed by atoms with Gasteiger partial charge in [0, 0.05) is 0 Å². The lowest BCUT2D eigenvalue weighted by Gasteiger charge is -2.06. The van der Waals surface area contributed by atoms with E-state index in [-0.39, 0.29) is 17.1 Å². The molecule has 2 aromatic carbocycles. The van der Waals surface area contributed by atoms with E-state index in [2.05, 4.69) is 0 Å². The van der Waals surface area contributed by atoms with Gasteiger partial charge in [0.15, 0.2) is 0 Å². The van der Waals surface area contributed by atoms with E-state index in [4.69, 9.17) is 9.84 Å². The van der Waals surface area contributed by atoms with Crippen LogP contribution in [0.5, 0.6) is 11.5 Å². The van der Waals surface area contributed by atoms with Crippen molar-refractivity contribution in [3.05, 3.63) is 68.3 Å². The number of non-ortho nitro benzene ring substituents is 2. The molecule has 2 rings (SSSR count). The van der Waals surface area contributed by atoms with E-state index in [1.807, 2.05) is 0 Å². The number of carboxylic acids is 1. The molecule has 0 atom stereocenters. The first-order valence-electron chi connectivity index (χ1n) is 5.82. The molecule has 0 aliphatic carbocycles. The Balaban J connectivity index is 2.33. The number of carboxylic acid groups (broad SMARTS) is 1. The van der Waals surface area contributed by atoms with Gasteiger partial charge in [-0.05, 0) is 24.3 Å². The Hall–Kier alpha value is -3.49. The van der Waals surface area contributed by atoms with Crippen LogP contribution < -0.4 is 4.74 Å². The molecular weight excluding hydrogens is 296 g/mol. The van der Waals surface area contributed by atoms with Crippen molar-refractivity contribution in [2.75, 3.05) is 0 Å². The van der Waals surface area contributed by atoms with E-state index in [1.165, 1.54) is 24.3 Å². The zero-order valence-electron chi connectivity index (χ0n) is 10.8. The van der Waals surface area contributed by atoms with Gasteiger partial charge < -0.3 is 9.84 Å². The van der Waals surface area contributed by atoms with Crippen LogP contribution in [0, 0.1) is 20.2 Å². The smallest absolute Gasteiger partial charge is 0.335 e. The average Bonchev–Trinajstić information content (AvgIpc) is 2.47. The quantitative estimate of drug-likeness (QED) is 0.662. The van der Waals surface area contributed by atoms with E-state index in [9.17, 15) is 25.0 Å². The fourth-order valence-electron chi connectivity index (χ4n) is 1.64. The molecular formula is C13H8N2O7. The maximum absolute atomic E-state index is 10.8. The fourth-order valence-corrected chi connectivity index (χ4v) is 1.64. The predicted octanol–water partition coefficient (Wildman–Crippen LogP) is 2.99. The number of rotatable bonds is 5. The van der Waals surface area contributed by atoms with Crippen LogP contribution in [0.2, 0.25) is 0 Å². The molecule has 22 heavy (non-hydrogen) atoms. The second kappa shape index (κ2) is 5.87. The number of nitro groups is 2. The van der Waals surface area contributed by atoms with Gasteiger partial charge in [-0.15, -0.1) is 0 Å². The van der Waals surface area contributed by atoms with Crippen LogP contribution >= 0.6 is 0 Å². The summed E-state index contributed by atoms with van der Waals surface area (Å²) < 4.78 is 5.29. The summed E-state index contributed by atoms with van der Waals surface area (Å²) in [6, 6.07) is 8.14. The largest absolute Gasteiger partial charge is 0.478 e. The number of hydrogen-bond donors (Lipinski definition) is 1. The van der Waals surface area contributed by atoms with Crippen LogP contribution in [0.25, 0.3) is 0 Å². The molecule has 9 nitrogen and oxygen atoms in total. The highest BCUT2D eigenvalue weighted by molar-refractivity contribution is 5.87. The Bertz CT molecular complexity index is 723. The molecule has 0 bridgehead atoms. The summed E-state index contributed by atoms with van der Waals surface area (Å²) in [5.74, 6) is -1.01. The Morgan fingerprint density at radius 2 is 1.41 bits per heavy atom. The maximum atomic E-state index is 10.8. The monoisotopic (exact) mass is 304 g/mol. The Morgan fingerprint density at radius 1 is 0.909 bits per heavy atom. The average molecular weight is 304 g/mol. The van der Waals surface area contributed by atoms with Gasteiger partial charge in [0.2, 0.25) is 0 Å². The van der Waals surface area contributed by atoms with Gasteiger partial charge in [0.25, 0.3) is 11.4 Å². The molecule has 0 saturated heterocycles. The third kappa shape index (κ3) is 3.33. The van der Waals surface area contributed by atoms with E-state index < -0.39 is 27.2 Å². The lowest BCUT2D eigenvalue weighted by Crippen LogP contribution is -1.96. The molecule has 0 aliphatic heterocycles. The molecule has 0 fully saturated rings. The van der Waals surface area contributed by atoms with Crippen LogP contribution in [0.1, 0.15) is 10.4 Å². The van der Waals surface area contributed by atoms with E-state index >= 15 is 0 Å². The zero-order chi connectivity index (χ0) is 16.3. The number of hydrogen-bond acceptors (Lipinski definition) is 6. The highest BCUT2D eigenvalue weighted by atomic mass is 16.6. The van der Waals surface area contributed by atoms with Gasteiger partial charge in [-0.1, -0.05) is 0 Å². The van der Waals surface area contributed by atoms with E-state index in [0.717, 1.165) is 18.2 Å². The third-order valence-corrected chi connectivity index (χ3v) is 2.63. The van der Waals surface area contributed by atoms with Crippen LogP contribution in [0.15, 0.2) is 42.5 Å². The molecule has 112 valence electrons. The van der Waals surface area contributed by atoms with Crippen molar-refractivity contribution < 1.29 is 24.5 Å². The maximum Gasteiger partial charge on any atom is 0.335 e. The highest BCUT2D eigenvalue weighted by Gasteiger charge is 2.17. The molecule has 0 saturated carbocycles. The Morgan fingerprint density at radius 3 is 1.82 bits per heavy atom. The SMILES string of the molecule is O=C(O)c1ccc(Oc2cc([N+](=O)[O-])cc([N+](=O)[O-])c2)cc1. The summed E-state index contributed by atoms with van der Waals surface area (Å²) in [5.41, 5.74) is -0.921. The molecule has 0 aliphatic rings. The van der Waals surface area contributed by atoms with Crippen molar-refractivity contribution in [3.63, 3.8) is 0 Å². The molecule has 9 heteroatoms. The van der Waals surface area contributed by atoms with Crippen LogP contribution in [0.4, 0.5) is 11.4 Å². The predicted molar refractivity (Wildman–Crippen MR) is 73.2 cm³/mol. The van der Waals surface area contributed by atoms with Gasteiger partial charge in [0.1, 0.15) is 11.5 Å². The normalized spacial score (nSPS) is 10.0.